The maximum atomic E-state index is 6.08. The fraction of sp³-hybridized carbons (Fsp3) is 0. The van der Waals surface area contributed by atoms with Crippen LogP contribution >= 0.6 is 0 Å². The molecule has 0 bridgehead atoms. The molecule has 3 nitrogen and oxygen atoms in total. The Balaban J connectivity index is 2.14. The number of pyridine rings is 1. The van der Waals surface area contributed by atoms with Gasteiger partial charge in [-0.15, -0.1) is 0 Å². The molecule has 0 aliphatic rings. The fourth-order valence-electron chi connectivity index (χ4n) is 2.99. The minimum atomic E-state index is 0.899. The van der Waals surface area contributed by atoms with Gasteiger partial charge in [0.1, 0.15) is 16.8 Å². The minimum Gasteiger partial charge on any atom is -0.455 e. The van der Waals surface area contributed by atoms with E-state index >= 15 is 0 Å². The molecule has 0 aliphatic carbocycles. The quantitative estimate of drug-likeness (QED) is 0.440. The molecule has 0 fully saturated rings. The van der Waals surface area contributed by atoms with E-state index in [0.29, 0.717) is 0 Å². The summed E-state index contributed by atoms with van der Waals surface area (Å²) in [7, 11) is 0. The van der Waals surface area contributed by atoms with E-state index in [0.717, 1.165) is 43.9 Å². The van der Waals surface area contributed by atoms with Crippen molar-refractivity contribution in [3.63, 3.8) is 0 Å². The zero-order valence-electron chi connectivity index (χ0n) is 10.6. The summed E-state index contributed by atoms with van der Waals surface area (Å²) in [6, 6.07) is 16.4. The summed E-state index contributed by atoms with van der Waals surface area (Å²) < 4.78 is 6.08. The summed E-state index contributed by atoms with van der Waals surface area (Å²) in [5.41, 5.74) is 3.82. The summed E-state index contributed by atoms with van der Waals surface area (Å²) in [6.07, 6.45) is 1.80. The maximum Gasteiger partial charge on any atom is 0.145 e. The maximum absolute atomic E-state index is 6.08. The highest BCUT2D eigenvalue weighted by molar-refractivity contribution is 6.22. The average Bonchev–Trinajstić information content (AvgIpc) is 3.04. The van der Waals surface area contributed by atoms with Crippen LogP contribution in [0.3, 0.4) is 0 Å². The lowest BCUT2D eigenvalue weighted by molar-refractivity contribution is 0.673. The van der Waals surface area contributed by atoms with E-state index in [-0.39, 0.29) is 0 Å². The minimum absolute atomic E-state index is 0.899. The lowest BCUT2D eigenvalue weighted by Crippen LogP contribution is -1.71. The van der Waals surface area contributed by atoms with Gasteiger partial charge in [-0.25, -0.2) is 4.98 Å². The standard InChI is InChI=1S/C17H10N2O/c1-2-6-14-10(4-1)11-7-8-13-15(16(11)20-14)12-5-3-9-18-17(12)19-13/h1-9H,(H,18,19). The van der Waals surface area contributed by atoms with Crippen molar-refractivity contribution in [2.75, 3.05) is 0 Å². The van der Waals surface area contributed by atoms with Crippen LogP contribution in [0.2, 0.25) is 0 Å². The van der Waals surface area contributed by atoms with Gasteiger partial charge >= 0.3 is 0 Å². The molecule has 20 heavy (non-hydrogen) atoms. The van der Waals surface area contributed by atoms with E-state index < -0.39 is 0 Å². The van der Waals surface area contributed by atoms with Gasteiger partial charge in [-0.2, -0.15) is 0 Å². The summed E-state index contributed by atoms with van der Waals surface area (Å²) >= 11 is 0. The second-order valence-corrected chi connectivity index (χ2v) is 4.99. The van der Waals surface area contributed by atoms with E-state index in [2.05, 4.69) is 34.2 Å². The Morgan fingerprint density at radius 2 is 1.75 bits per heavy atom. The van der Waals surface area contributed by atoms with Gasteiger partial charge in [-0.1, -0.05) is 18.2 Å². The van der Waals surface area contributed by atoms with Crippen LogP contribution in [0.5, 0.6) is 0 Å². The number of nitrogens with one attached hydrogen (secondary N) is 1. The van der Waals surface area contributed by atoms with Crippen molar-refractivity contribution in [3.05, 3.63) is 54.7 Å². The molecule has 0 saturated carbocycles. The van der Waals surface area contributed by atoms with Crippen molar-refractivity contribution < 1.29 is 4.42 Å². The highest BCUT2D eigenvalue weighted by Crippen LogP contribution is 2.36. The zero-order chi connectivity index (χ0) is 13.1. The fourth-order valence-corrected chi connectivity index (χ4v) is 2.99. The van der Waals surface area contributed by atoms with Crippen LogP contribution in [0.15, 0.2) is 59.1 Å². The Labute approximate surface area is 113 Å². The Morgan fingerprint density at radius 3 is 2.75 bits per heavy atom. The van der Waals surface area contributed by atoms with Gasteiger partial charge in [0.2, 0.25) is 0 Å². The number of aromatic nitrogens is 2. The normalized spacial score (nSPS) is 12.0. The highest BCUT2D eigenvalue weighted by Gasteiger charge is 2.13. The molecular weight excluding hydrogens is 248 g/mol. The third-order valence-electron chi connectivity index (χ3n) is 3.88. The molecule has 3 heteroatoms. The number of hydrogen-bond donors (Lipinski definition) is 1. The summed E-state index contributed by atoms with van der Waals surface area (Å²) in [4.78, 5) is 7.73. The largest absolute Gasteiger partial charge is 0.455 e. The second-order valence-electron chi connectivity index (χ2n) is 4.99. The topological polar surface area (TPSA) is 41.8 Å². The first-order chi connectivity index (χ1) is 9.92. The number of para-hydroxylation sites is 1. The molecule has 0 unspecified atom stereocenters. The first-order valence-corrected chi connectivity index (χ1v) is 6.58. The molecule has 5 rings (SSSR count). The number of nitrogens with zero attached hydrogens (tertiary/aromatic N) is 1. The summed E-state index contributed by atoms with van der Waals surface area (Å²) in [5.74, 6) is 0. The van der Waals surface area contributed by atoms with Gasteiger partial charge in [-0.3, -0.25) is 0 Å². The predicted molar refractivity (Wildman–Crippen MR) is 80.9 cm³/mol. The summed E-state index contributed by atoms with van der Waals surface area (Å²) in [6.45, 7) is 0. The predicted octanol–water partition coefficient (Wildman–Crippen LogP) is 4.62. The van der Waals surface area contributed by atoms with Crippen molar-refractivity contribution in [2.24, 2.45) is 0 Å². The van der Waals surface area contributed by atoms with Crippen LogP contribution in [0, 0.1) is 0 Å². The van der Waals surface area contributed by atoms with Crippen LogP contribution in [0.25, 0.3) is 43.9 Å². The van der Waals surface area contributed by atoms with Gasteiger partial charge in [0, 0.05) is 22.4 Å². The molecule has 3 aromatic heterocycles. The zero-order valence-corrected chi connectivity index (χ0v) is 10.6. The summed E-state index contributed by atoms with van der Waals surface area (Å²) in [5, 5.41) is 4.52. The third kappa shape index (κ3) is 1.12. The monoisotopic (exact) mass is 258 g/mol. The van der Waals surface area contributed by atoms with E-state index in [9.17, 15) is 0 Å². The smallest absolute Gasteiger partial charge is 0.145 e. The average molecular weight is 258 g/mol. The number of hydrogen-bond acceptors (Lipinski definition) is 2. The number of furan rings is 1. The third-order valence-corrected chi connectivity index (χ3v) is 3.88. The lowest BCUT2D eigenvalue weighted by atomic mass is 10.1. The van der Waals surface area contributed by atoms with E-state index in [1.165, 1.54) is 0 Å². The molecule has 0 amide bonds. The van der Waals surface area contributed by atoms with E-state index in [1.54, 1.807) is 6.20 Å². The number of H-pyrrole nitrogens is 1. The number of fused-ring (bicyclic) bond motifs is 7. The van der Waals surface area contributed by atoms with E-state index in [4.69, 9.17) is 4.42 Å². The Bertz CT molecular complexity index is 1100. The SMILES string of the molecule is c1ccc2c(c1)oc1c2ccc2[nH]c3ncccc3c21. The van der Waals surface area contributed by atoms with Gasteiger partial charge in [0.15, 0.2) is 0 Å². The molecule has 0 spiro atoms. The highest BCUT2D eigenvalue weighted by atomic mass is 16.3. The van der Waals surface area contributed by atoms with Gasteiger partial charge in [-0.05, 0) is 30.3 Å². The van der Waals surface area contributed by atoms with Crippen molar-refractivity contribution in [1.82, 2.24) is 9.97 Å². The van der Waals surface area contributed by atoms with Crippen LogP contribution in [0.1, 0.15) is 0 Å². The molecule has 0 atom stereocenters. The Hall–Kier alpha value is -2.81. The number of benzene rings is 2. The number of aromatic amines is 1. The van der Waals surface area contributed by atoms with Crippen LogP contribution in [-0.2, 0) is 0 Å². The molecule has 0 aliphatic heterocycles. The van der Waals surface area contributed by atoms with Crippen molar-refractivity contribution in [2.45, 2.75) is 0 Å². The second kappa shape index (κ2) is 3.39. The van der Waals surface area contributed by atoms with E-state index in [1.807, 2.05) is 24.3 Å². The Morgan fingerprint density at radius 1 is 0.850 bits per heavy atom. The molecule has 5 aromatic rings. The van der Waals surface area contributed by atoms with Gasteiger partial charge in [0.25, 0.3) is 0 Å². The lowest BCUT2D eigenvalue weighted by Gasteiger charge is -1.92. The van der Waals surface area contributed by atoms with Crippen LogP contribution in [-0.4, -0.2) is 9.97 Å². The van der Waals surface area contributed by atoms with Crippen molar-refractivity contribution in [3.8, 4) is 0 Å². The molecule has 0 saturated heterocycles. The molecule has 2 aromatic carbocycles. The first kappa shape index (κ1) is 10.0. The first-order valence-electron chi connectivity index (χ1n) is 6.58. The van der Waals surface area contributed by atoms with Crippen LogP contribution < -0.4 is 0 Å². The Kier molecular flexibility index (Phi) is 1.70. The molecule has 1 N–H and O–H groups in total. The van der Waals surface area contributed by atoms with Gasteiger partial charge in [0.05, 0.1) is 10.9 Å². The molecule has 3 heterocycles. The number of rotatable bonds is 0. The molecular formula is C17H10N2O. The van der Waals surface area contributed by atoms with Crippen molar-refractivity contribution >= 4 is 43.9 Å². The van der Waals surface area contributed by atoms with Crippen LogP contribution in [0.4, 0.5) is 0 Å². The van der Waals surface area contributed by atoms with Gasteiger partial charge < -0.3 is 9.40 Å². The molecule has 94 valence electrons. The molecule has 0 radical (unpaired) electrons. The van der Waals surface area contributed by atoms with Crippen molar-refractivity contribution in [1.29, 1.82) is 0 Å².